The van der Waals surface area contributed by atoms with Crippen LogP contribution >= 0.6 is 0 Å². The van der Waals surface area contributed by atoms with Crippen LogP contribution in [0.5, 0.6) is 0 Å². The highest BCUT2D eigenvalue weighted by Gasteiger charge is 2.09. The van der Waals surface area contributed by atoms with Gasteiger partial charge in [-0.05, 0) is 24.6 Å². The molecule has 3 nitrogen and oxygen atoms in total. The Morgan fingerprint density at radius 2 is 1.92 bits per heavy atom. The third-order valence-electron chi connectivity index (χ3n) is 1.77. The normalized spacial score (nSPS) is 9.46. The number of amides is 1. The van der Waals surface area contributed by atoms with Crippen LogP contribution in [0, 0.1) is 6.92 Å². The molecule has 0 heterocycles. The maximum absolute atomic E-state index is 11.1. The van der Waals surface area contributed by atoms with E-state index in [-0.39, 0.29) is 6.09 Å². The average Bonchev–Trinajstić information content (AvgIpc) is 2.17. The first-order valence-electron chi connectivity index (χ1n) is 3.89. The largest absolute Gasteiger partial charge is 0.452 e. The zero-order valence-electron chi connectivity index (χ0n) is 7.78. The van der Waals surface area contributed by atoms with Crippen molar-refractivity contribution in [3.8, 4) is 0 Å². The van der Waals surface area contributed by atoms with Gasteiger partial charge in [-0.15, -0.1) is 0 Å². The fourth-order valence-electron chi connectivity index (χ4n) is 0.962. The van der Waals surface area contributed by atoms with E-state index in [4.69, 9.17) is 0 Å². The molecule has 0 spiro atoms. The van der Waals surface area contributed by atoms with E-state index in [0.29, 0.717) is 0 Å². The average molecular weight is 178 g/mol. The number of ether oxygens (including phenoxy) is 1. The van der Waals surface area contributed by atoms with Crippen LogP contribution in [0.2, 0.25) is 0 Å². The summed E-state index contributed by atoms with van der Waals surface area (Å²) in [4.78, 5) is 12.5. The van der Waals surface area contributed by atoms with Crippen LogP contribution < -0.4 is 4.90 Å². The van der Waals surface area contributed by atoms with Crippen molar-refractivity contribution in [2.24, 2.45) is 0 Å². The summed E-state index contributed by atoms with van der Waals surface area (Å²) >= 11 is 0. The Kier molecular flexibility index (Phi) is 2.90. The molecule has 3 heteroatoms. The molecule has 1 radical (unpaired) electrons. The van der Waals surface area contributed by atoms with E-state index in [2.05, 4.69) is 11.7 Å². The third-order valence-corrected chi connectivity index (χ3v) is 1.77. The van der Waals surface area contributed by atoms with Crippen LogP contribution in [0.15, 0.2) is 24.3 Å². The zero-order chi connectivity index (χ0) is 9.84. The second-order valence-electron chi connectivity index (χ2n) is 2.70. The molecule has 69 valence electrons. The van der Waals surface area contributed by atoms with E-state index in [1.54, 1.807) is 7.05 Å². The minimum absolute atomic E-state index is 0.378. The van der Waals surface area contributed by atoms with Crippen LogP contribution in [0.25, 0.3) is 0 Å². The van der Waals surface area contributed by atoms with Gasteiger partial charge < -0.3 is 4.74 Å². The summed E-state index contributed by atoms with van der Waals surface area (Å²) in [5, 5.41) is 0. The molecule has 0 aliphatic heterocycles. The number of benzene rings is 1. The third kappa shape index (κ3) is 2.21. The van der Waals surface area contributed by atoms with Gasteiger partial charge in [0.2, 0.25) is 0 Å². The summed E-state index contributed by atoms with van der Waals surface area (Å²) in [5.41, 5.74) is 1.71. The van der Waals surface area contributed by atoms with Gasteiger partial charge in [-0.3, -0.25) is 4.90 Å². The van der Waals surface area contributed by atoms with Crippen LogP contribution in [-0.2, 0) is 4.74 Å². The molecule has 0 fully saturated rings. The van der Waals surface area contributed by atoms with Crippen molar-refractivity contribution in [1.82, 2.24) is 0 Å². The van der Waals surface area contributed by atoms with E-state index in [0.717, 1.165) is 11.3 Å². The second kappa shape index (κ2) is 3.94. The number of carbonyl (C=O) groups is 1. The zero-order valence-corrected chi connectivity index (χ0v) is 7.78. The van der Waals surface area contributed by atoms with Gasteiger partial charge in [-0.2, -0.15) is 0 Å². The number of carbonyl (C=O) groups excluding carboxylic acids is 1. The molecule has 13 heavy (non-hydrogen) atoms. The lowest BCUT2D eigenvalue weighted by Gasteiger charge is -2.15. The number of rotatable bonds is 1. The van der Waals surface area contributed by atoms with Gasteiger partial charge in [0.05, 0.1) is 7.11 Å². The SMILES string of the molecule is [CH2]c1ccc(N(C)C(=O)OC)cc1. The summed E-state index contributed by atoms with van der Waals surface area (Å²) in [7, 11) is 3.01. The summed E-state index contributed by atoms with van der Waals surface area (Å²) in [6.45, 7) is 3.75. The maximum Gasteiger partial charge on any atom is 0.413 e. The lowest BCUT2D eigenvalue weighted by Crippen LogP contribution is -2.25. The number of methoxy groups -OCH3 is 1. The van der Waals surface area contributed by atoms with Crippen molar-refractivity contribution in [2.75, 3.05) is 19.1 Å². The Labute approximate surface area is 77.9 Å². The number of hydrogen-bond acceptors (Lipinski definition) is 2. The molecule has 0 aliphatic rings. The predicted octanol–water partition coefficient (Wildman–Crippen LogP) is 2.07. The quantitative estimate of drug-likeness (QED) is 0.658. The molecule has 0 saturated heterocycles. The van der Waals surface area contributed by atoms with Gasteiger partial charge >= 0.3 is 6.09 Å². The molecular formula is C10H12NO2. The molecule has 0 unspecified atom stereocenters. The molecular weight excluding hydrogens is 166 g/mol. The monoisotopic (exact) mass is 178 g/mol. The van der Waals surface area contributed by atoms with Crippen molar-refractivity contribution >= 4 is 11.8 Å². The van der Waals surface area contributed by atoms with Gasteiger partial charge in [0.25, 0.3) is 0 Å². The van der Waals surface area contributed by atoms with Crippen LogP contribution in [0.3, 0.4) is 0 Å². The highest BCUT2D eigenvalue weighted by atomic mass is 16.5. The Bertz CT molecular complexity index is 292. The van der Waals surface area contributed by atoms with Crippen molar-refractivity contribution in [2.45, 2.75) is 0 Å². The Hall–Kier alpha value is -1.51. The highest BCUT2D eigenvalue weighted by molar-refractivity contribution is 5.86. The van der Waals surface area contributed by atoms with E-state index in [1.165, 1.54) is 12.0 Å². The summed E-state index contributed by atoms with van der Waals surface area (Å²) in [6.07, 6.45) is -0.378. The molecule has 1 amide bonds. The van der Waals surface area contributed by atoms with Gasteiger partial charge in [0.1, 0.15) is 0 Å². The molecule has 0 saturated carbocycles. The van der Waals surface area contributed by atoms with Gasteiger partial charge in [-0.25, -0.2) is 4.79 Å². The molecule has 1 rings (SSSR count). The van der Waals surface area contributed by atoms with Crippen molar-refractivity contribution in [1.29, 1.82) is 0 Å². The van der Waals surface area contributed by atoms with Gasteiger partial charge in [0, 0.05) is 12.7 Å². The molecule has 0 aliphatic carbocycles. The lowest BCUT2D eigenvalue weighted by molar-refractivity contribution is 0.180. The van der Waals surface area contributed by atoms with Crippen LogP contribution in [-0.4, -0.2) is 20.3 Å². The maximum atomic E-state index is 11.1. The second-order valence-corrected chi connectivity index (χ2v) is 2.70. The van der Waals surface area contributed by atoms with Crippen LogP contribution in [0.1, 0.15) is 5.56 Å². The van der Waals surface area contributed by atoms with Crippen LogP contribution in [0.4, 0.5) is 10.5 Å². The molecule has 0 atom stereocenters. The number of hydrogen-bond donors (Lipinski definition) is 0. The summed E-state index contributed by atoms with van der Waals surface area (Å²) in [6, 6.07) is 7.32. The van der Waals surface area contributed by atoms with E-state index < -0.39 is 0 Å². The van der Waals surface area contributed by atoms with E-state index in [9.17, 15) is 4.79 Å². The Balaban J connectivity index is 2.83. The first kappa shape index (κ1) is 9.58. The molecule has 0 N–H and O–H groups in total. The van der Waals surface area contributed by atoms with E-state index >= 15 is 0 Å². The van der Waals surface area contributed by atoms with Gasteiger partial charge in [0.15, 0.2) is 0 Å². The minimum Gasteiger partial charge on any atom is -0.452 e. The standard InChI is InChI=1S/C10H12NO2/c1-8-4-6-9(7-5-8)11(2)10(12)13-3/h4-7H,1H2,2-3H3. The highest BCUT2D eigenvalue weighted by Crippen LogP contribution is 2.13. The molecule has 0 aromatic heterocycles. The van der Waals surface area contributed by atoms with Crippen molar-refractivity contribution in [3.63, 3.8) is 0 Å². The first-order chi connectivity index (χ1) is 6.15. The van der Waals surface area contributed by atoms with Crippen molar-refractivity contribution < 1.29 is 9.53 Å². The fraction of sp³-hybridized carbons (Fsp3) is 0.200. The molecule has 1 aromatic carbocycles. The smallest absolute Gasteiger partial charge is 0.413 e. The predicted molar refractivity (Wildman–Crippen MR) is 51.7 cm³/mol. The van der Waals surface area contributed by atoms with E-state index in [1.807, 2.05) is 24.3 Å². The number of nitrogens with zero attached hydrogens (tertiary/aromatic N) is 1. The Morgan fingerprint density at radius 3 is 2.38 bits per heavy atom. The minimum atomic E-state index is -0.378. The summed E-state index contributed by atoms with van der Waals surface area (Å²) in [5.74, 6) is 0. The molecule has 1 aromatic rings. The van der Waals surface area contributed by atoms with Gasteiger partial charge in [-0.1, -0.05) is 12.1 Å². The summed E-state index contributed by atoms with van der Waals surface area (Å²) < 4.78 is 4.57. The topological polar surface area (TPSA) is 29.5 Å². The Morgan fingerprint density at radius 1 is 1.38 bits per heavy atom. The molecule has 0 bridgehead atoms. The number of anilines is 1. The first-order valence-corrected chi connectivity index (χ1v) is 3.89. The lowest BCUT2D eigenvalue weighted by atomic mass is 10.2. The fourth-order valence-corrected chi connectivity index (χ4v) is 0.962. The van der Waals surface area contributed by atoms with Crippen molar-refractivity contribution in [3.05, 3.63) is 36.8 Å².